The molecule has 1 heteroatoms. The van der Waals surface area contributed by atoms with Crippen LogP contribution in [0.15, 0.2) is 66.7 Å². The number of allylic oxidation sites excluding steroid dienone is 1. The fourth-order valence-electron chi connectivity index (χ4n) is 6.32. The number of fused-ring (bicyclic) bond motifs is 1. The van der Waals surface area contributed by atoms with Gasteiger partial charge in [-0.3, -0.25) is 4.79 Å². The molecule has 1 nitrogen and oxygen atoms in total. The summed E-state index contributed by atoms with van der Waals surface area (Å²) < 4.78 is 0. The minimum Gasteiger partial charge on any atom is -0.294 e. The lowest BCUT2D eigenvalue weighted by Gasteiger charge is -2.27. The first-order valence-corrected chi connectivity index (χ1v) is 14.0. The van der Waals surface area contributed by atoms with Gasteiger partial charge in [0.25, 0.3) is 0 Å². The Labute approximate surface area is 217 Å². The highest BCUT2D eigenvalue weighted by Crippen LogP contribution is 2.38. The monoisotopic (exact) mass is 476 g/mol. The predicted molar refractivity (Wildman–Crippen MR) is 152 cm³/mol. The summed E-state index contributed by atoms with van der Waals surface area (Å²) in [5.74, 6) is 2.02. The van der Waals surface area contributed by atoms with Crippen molar-refractivity contribution in [3.63, 3.8) is 0 Å². The summed E-state index contributed by atoms with van der Waals surface area (Å²) >= 11 is 0. The second-order valence-corrected chi connectivity index (χ2v) is 11.4. The molecule has 2 aliphatic rings. The summed E-state index contributed by atoms with van der Waals surface area (Å²) in [6.45, 7) is 9.02. The molecule has 0 amide bonds. The second-order valence-electron chi connectivity index (χ2n) is 11.4. The molecule has 3 aromatic rings. The van der Waals surface area contributed by atoms with Crippen molar-refractivity contribution in [3.05, 3.63) is 111 Å². The van der Waals surface area contributed by atoms with Crippen molar-refractivity contribution in [2.75, 3.05) is 0 Å². The molecule has 1 saturated carbocycles. The molecule has 0 spiro atoms. The van der Waals surface area contributed by atoms with E-state index in [1.165, 1.54) is 70.2 Å². The molecule has 3 aromatic carbocycles. The molecule has 0 N–H and O–H groups in total. The highest BCUT2D eigenvalue weighted by molar-refractivity contribution is 6.02. The molecule has 1 fully saturated rings. The smallest absolute Gasteiger partial charge is 0.163 e. The lowest BCUT2D eigenvalue weighted by molar-refractivity contribution is -0.116. The average molecular weight is 477 g/mol. The Morgan fingerprint density at radius 2 is 1.56 bits per heavy atom. The molecule has 0 radical (unpaired) electrons. The van der Waals surface area contributed by atoms with Crippen LogP contribution >= 0.6 is 0 Å². The quantitative estimate of drug-likeness (QED) is 0.347. The molecule has 0 aliphatic heterocycles. The normalized spacial score (nSPS) is 22.3. The first kappa shape index (κ1) is 24.8. The zero-order chi connectivity index (χ0) is 25.2. The van der Waals surface area contributed by atoms with Crippen molar-refractivity contribution in [3.8, 4) is 0 Å². The molecule has 2 unspecified atom stereocenters. The van der Waals surface area contributed by atoms with E-state index in [-0.39, 0.29) is 11.7 Å². The Bertz CT molecular complexity index is 1250. The highest BCUT2D eigenvalue weighted by Gasteiger charge is 2.27. The summed E-state index contributed by atoms with van der Waals surface area (Å²) in [5, 5.41) is 0. The van der Waals surface area contributed by atoms with Crippen LogP contribution in [0.25, 0.3) is 6.08 Å². The van der Waals surface area contributed by atoms with Crippen LogP contribution in [0.4, 0.5) is 0 Å². The molecule has 186 valence electrons. The van der Waals surface area contributed by atoms with Gasteiger partial charge in [-0.2, -0.15) is 0 Å². The predicted octanol–water partition coefficient (Wildman–Crippen LogP) is 8.93. The summed E-state index contributed by atoms with van der Waals surface area (Å²) in [6, 6.07) is 22.8. The number of benzene rings is 3. The van der Waals surface area contributed by atoms with Crippen LogP contribution in [0, 0.1) is 12.8 Å². The molecule has 0 saturated heterocycles. The Balaban J connectivity index is 1.40. The largest absolute Gasteiger partial charge is 0.294 e. The Morgan fingerprint density at radius 1 is 0.833 bits per heavy atom. The molecule has 5 rings (SSSR count). The first-order valence-electron chi connectivity index (χ1n) is 14.0. The van der Waals surface area contributed by atoms with Crippen LogP contribution in [0.2, 0.25) is 0 Å². The van der Waals surface area contributed by atoms with E-state index in [2.05, 4.69) is 88.4 Å². The number of rotatable bonds is 6. The van der Waals surface area contributed by atoms with E-state index in [4.69, 9.17) is 0 Å². The van der Waals surface area contributed by atoms with Crippen molar-refractivity contribution in [2.45, 2.75) is 84.0 Å². The molecule has 2 aliphatic carbocycles. The van der Waals surface area contributed by atoms with E-state index >= 15 is 0 Å². The molecule has 0 aromatic heterocycles. The Kier molecular flexibility index (Phi) is 7.28. The third kappa shape index (κ3) is 5.12. The SMILES string of the molecule is CCc1ccc(C)cc1CC1C(=O)C=Cc2ccc(C(C)c3ccc(C4CCC(C)CC4)cc3)cc21. The molecular weight excluding hydrogens is 436 g/mol. The van der Waals surface area contributed by atoms with Crippen LogP contribution in [-0.2, 0) is 17.6 Å². The maximum atomic E-state index is 13.1. The van der Waals surface area contributed by atoms with Crippen LogP contribution in [0.3, 0.4) is 0 Å². The van der Waals surface area contributed by atoms with Crippen molar-refractivity contribution in [1.29, 1.82) is 0 Å². The topological polar surface area (TPSA) is 17.1 Å². The van der Waals surface area contributed by atoms with Crippen LogP contribution in [0.1, 0.15) is 109 Å². The minimum absolute atomic E-state index is 0.111. The number of ketones is 1. The second kappa shape index (κ2) is 10.6. The summed E-state index contributed by atoms with van der Waals surface area (Å²) in [4.78, 5) is 13.1. The van der Waals surface area contributed by atoms with Gasteiger partial charge in [-0.25, -0.2) is 0 Å². The van der Waals surface area contributed by atoms with Gasteiger partial charge in [-0.1, -0.05) is 106 Å². The third-order valence-corrected chi connectivity index (χ3v) is 8.85. The fraction of sp³-hybridized carbons (Fsp3) is 0.400. The van der Waals surface area contributed by atoms with Gasteiger partial charge in [0.1, 0.15) is 0 Å². The number of hydrogen-bond donors (Lipinski definition) is 0. The number of aryl methyl sites for hydroxylation is 2. The van der Waals surface area contributed by atoms with Crippen molar-refractivity contribution in [2.24, 2.45) is 5.92 Å². The van der Waals surface area contributed by atoms with Gasteiger partial charge in [0.05, 0.1) is 5.92 Å². The molecule has 36 heavy (non-hydrogen) atoms. The number of hydrogen-bond acceptors (Lipinski definition) is 1. The lowest BCUT2D eigenvalue weighted by Crippen LogP contribution is -2.18. The molecule has 0 heterocycles. The van der Waals surface area contributed by atoms with E-state index in [0.717, 1.165) is 24.7 Å². The maximum absolute atomic E-state index is 13.1. The fourth-order valence-corrected chi connectivity index (χ4v) is 6.32. The van der Waals surface area contributed by atoms with Crippen molar-refractivity contribution >= 4 is 11.9 Å². The number of carbonyl (C=O) groups is 1. The van der Waals surface area contributed by atoms with E-state index in [0.29, 0.717) is 5.92 Å². The van der Waals surface area contributed by atoms with Crippen LogP contribution in [-0.4, -0.2) is 5.78 Å². The van der Waals surface area contributed by atoms with Gasteiger partial charge in [0.15, 0.2) is 5.78 Å². The zero-order valence-corrected chi connectivity index (χ0v) is 22.4. The summed E-state index contributed by atoms with van der Waals surface area (Å²) in [5.41, 5.74) is 10.4. The van der Waals surface area contributed by atoms with Crippen LogP contribution in [0.5, 0.6) is 0 Å². The lowest BCUT2D eigenvalue weighted by atomic mass is 9.78. The van der Waals surface area contributed by atoms with Crippen molar-refractivity contribution < 1.29 is 4.79 Å². The van der Waals surface area contributed by atoms with Gasteiger partial charge >= 0.3 is 0 Å². The summed E-state index contributed by atoms with van der Waals surface area (Å²) in [7, 11) is 0. The van der Waals surface area contributed by atoms with Gasteiger partial charge < -0.3 is 0 Å². The highest BCUT2D eigenvalue weighted by atomic mass is 16.1. The Morgan fingerprint density at radius 3 is 2.28 bits per heavy atom. The molecule has 2 atom stereocenters. The van der Waals surface area contributed by atoms with Gasteiger partial charge in [0, 0.05) is 5.92 Å². The molecule has 0 bridgehead atoms. The standard InChI is InChI=1S/C35H40O/c1-5-26-9-8-24(3)20-32(26)22-34-33-21-31(17-16-30(33)18-19-35(34)36)25(4)27-12-14-29(15-13-27)28-10-6-23(2)7-11-28/h8-9,12-21,23,25,28,34H,5-7,10-11,22H2,1-4H3. The van der Waals surface area contributed by atoms with E-state index in [1.807, 2.05) is 6.08 Å². The Hall–Kier alpha value is -2.93. The van der Waals surface area contributed by atoms with E-state index in [1.54, 1.807) is 6.08 Å². The minimum atomic E-state index is -0.111. The maximum Gasteiger partial charge on any atom is 0.163 e. The molecular formula is C35H40O. The van der Waals surface area contributed by atoms with E-state index < -0.39 is 0 Å². The average Bonchev–Trinajstić information content (AvgIpc) is 2.90. The van der Waals surface area contributed by atoms with E-state index in [9.17, 15) is 4.79 Å². The third-order valence-electron chi connectivity index (χ3n) is 8.85. The van der Waals surface area contributed by atoms with Crippen LogP contribution < -0.4 is 0 Å². The zero-order valence-electron chi connectivity index (χ0n) is 22.4. The van der Waals surface area contributed by atoms with Gasteiger partial charge in [-0.05, 0) is 89.5 Å². The van der Waals surface area contributed by atoms with Gasteiger partial charge in [0.2, 0.25) is 0 Å². The number of carbonyl (C=O) groups excluding carboxylic acids is 1. The first-order chi connectivity index (χ1) is 17.4. The summed E-state index contributed by atoms with van der Waals surface area (Å²) in [6.07, 6.45) is 10.9. The van der Waals surface area contributed by atoms with Crippen molar-refractivity contribution in [1.82, 2.24) is 0 Å². The van der Waals surface area contributed by atoms with Gasteiger partial charge in [-0.15, -0.1) is 0 Å².